The Morgan fingerprint density at radius 3 is 2.73 bits per heavy atom. The third-order valence-electron chi connectivity index (χ3n) is 4.64. The number of nitrogens with one attached hydrogen (secondary N) is 1. The second-order valence-electron chi connectivity index (χ2n) is 6.93. The van der Waals surface area contributed by atoms with Crippen molar-refractivity contribution in [2.24, 2.45) is 0 Å². The molecule has 0 saturated heterocycles. The number of rotatable bonds is 5. The lowest BCUT2D eigenvalue weighted by Gasteiger charge is -2.13. The van der Waals surface area contributed by atoms with E-state index in [1.807, 2.05) is 6.92 Å². The molecule has 0 saturated carbocycles. The molecule has 1 aromatic heterocycles. The highest BCUT2D eigenvalue weighted by Crippen LogP contribution is 2.32. The largest absolute Gasteiger partial charge is 0.454 e. The van der Waals surface area contributed by atoms with Crippen LogP contribution in [0, 0.1) is 6.92 Å². The highest BCUT2D eigenvalue weighted by atomic mass is 16.7. The second kappa shape index (κ2) is 7.90. The van der Waals surface area contributed by atoms with Crippen LogP contribution >= 0.6 is 0 Å². The Labute approximate surface area is 171 Å². The Kier molecular flexibility index (Phi) is 5.14. The minimum absolute atomic E-state index is 0.169. The number of benzene rings is 2. The van der Waals surface area contributed by atoms with Crippen LogP contribution in [-0.2, 0) is 16.1 Å². The highest BCUT2D eigenvalue weighted by Gasteiger charge is 2.22. The van der Waals surface area contributed by atoms with Gasteiger partial charge >= 0.3 is 5.97 Å². The molecule has 8 heteroatoms. The molecule has 0 bridgehead atoms. The number of carbonyl (C=O) groups excluding carboxylic acids is 2. The van der Waals surface area contributed by atoms with Gasteiger partial charge in [0.2, 0.25) is 12.6 Å². The van der Waals surface area contributed by atoms with Crippen LogP contribution in [-0.4, -0.2) is 24.8 Å². The van der Waals surface area contributed by atoms with Crippen LogP contribution < -0.4 is 20.2 Å². The fourth-order valence-electron chi connectivity index (χ4n) is 3.03. The summed E-state index contributed by atoms with van der Waals surface area (Å²) in [5.74, 6) is -0.367. The van der Waals surface area contributed by atoms with Crippen LogP contribution in [0.3, 0.4) is 0 Å². The summed E-state index contributed by atoms with van der Waals surface area (Å²) in [7, 11) is 0. The summed E-state index contributed by atoms with van der Waals surface area (Å²) in [5.41, 5.74) is 1.63. The van der Waals surface area contributed by atoms with Crippen LogP contribution in [0.25, 0.3) is 11.0 Å². The quantitative estimate of drug-likeness (QED) is 0.646. The molecule has 1 aliphatic rings. The van der Waals surface area contributed by atoms with Crippen LogP contribution in [0.15, 0.2) is 51.7 Å². The Morgan fingerprint density at radius 2 is 1.90 bits per heavy atom. The van der Waals surface area contributed by atoms with Gasteiger partial charge in [-0.15, -0.1) is 0 Å². The first-order valence-electron chi connectivity index (χ1n) is 9.32. The molecule has 154 valence electrons. The topological polar surface area (TPSA) is 104 Å². The second-order valence-corrected chi connectivity index (χ2v) is 6.93. The van der Waals surface area contributed by atoms with Gasteiger partial charge in [0.25, 0.3) is 5.91 Å². The van der Waals surface area contributed by atoms with E-state index in [0.29, 0.717) is 16.9 Å². The van der Waals surface area contributed by atoms with Crippen molar-refractivity contribution in [3.05, 3.63) is 69.6 Å². The highest BCUT2D eigenvalue weighted by molar-refractivity contribution is 5.91. The zero-order valence-electron chi connectivity index (χ0n) is 16.4. The van der Waals surface area contributed by atoms with Crippen molar-refractivity contribution in [1.29, 1.82) is 0 Å². The molecule has 0 aliphatic carbocycles. The molecule has 1 aliphatic heterocycles. The molecule has 1 atom stereocenters. The molecule has 0 fully saturated rings. The van der Waals surface area contributed by atoms with Gasteiger partial charge in [-0.25, -0.2) is 4.79 Å². The average molecular weight is 409 g/mol. The summed E-state index contributed by atoms with van der Waals surface area (Å²) in [6, 6.07) is 11.5. The van der Waals surface area contributed by atoms with Crippen molar-refractivity contribution in [3.8, 4) is 11.5 Å². The SMILES string of the molecule is Cc1ccc2oc(C(=O)O[C@H](C)C(=O)NCc3ccc4c(c3)OCO4)cc(=O)c2c1. The first-order chi connectivity index (χ1) is 14.4. The third kappa shape index (κ3) is 3.98. The van der Waals surface area contributed by atoms with Crippen molar-refractivity contribution in [3.63, 3.8) is 0 Å². The van der Waals surface area contributed by atoms with Crippen molar-refractivity contribution in [2.45, 2.75) is 26.5 Å². The summed E-state index contributed by atoms with van der Waals surface area (Å²) in [6.07, 6.45) is -1.08. The maximum atomic E-state index is 12.4. The van der Waals surface area contributed by atoms with Crippen LogP contribution in [0.1, 0.15) is 28.6 Å². The Balaban J connectivity index is 1.39. The van der Waals surface area contributed by atoms with E-state index >= 15 is 0 Å². The van der Waals surface area contributed by atoms with Crippen LogP contribution in [0.2, 0.25) is 0 Å². The van der Waals surface area contributed by atoms with Gasteiger partial charge in [0.1, 0.15) is 5.58 Å². The molecule has 0 unspecified atom stereocenters. The molecule has 2 aromatic carbocycles. The maximum Gasteiger partial charge on any atom is 0.375 e. The molecule has 1 amide bonds. The summed E-state index contributed by atoms with van der Waals surface area (Å²) in [5, 5.41) is 3.07. The van der Waals surface area contributed by atoms with Gasteiger partial charge in [-0.3, -0.25) is 9.59 Å². The molecule has 30 heavy (non-hydrogen) atoms. The average Bonchev–Trinajstić information content (AvgIpc) is 3.20. The Bertz CT molecular complexity index is 1200. The first kappa shape index (κ1) is 19.5. The standard InChI is InChI=1S/C22H19NO7/c1-12-3-5-17-15(7-12)16(24)9-20(30-17)22(26)29-13(2)21(25)23-10-14-4-6-18-19(8-14)28-11-27-18/h3-9,13H,10-11H2,1-2H3,(H,23,25)/t13-/m1/s1. The number of hydrogen-bond acceptors (Lipinski definition) is 7. The predicted molar refractivity (Wildman–Crippen MR) is 107 cm³/mol. The van der Waals surface area contributed by atoms with E-state index in [1.54, 1.807) is 36.4 Å². The van der Waals surface area contributed by atoms with E-state index < -0.39 is 18.0 Å². The number of fused-ring (bicyclic) bond motifs is 2. The predicted octanol–water partition coefficient (Wildman–Crippen LogP) is 2.69. The fourth-order valence-corrected chi connectivity index (χ4v) is 3.03. The summed E-state index contributed by atoms with van der Waals surface area (Å²) in [6.45, 7) is 3.69. The monoisotopic (exact) mass is 409 g/mol. The molecule has 1 N–H and O–H groups in total. The van der Waals surface area contributed by atoms with Gasteiger partial charge in [0.15, 0.2) is 23.0 Å². The lowest BCUT2D eigenvalue weighted by atomic mass is 10.1. The van der Waals surface area contributed by atoms with Gasteiger partial charge in [-0.05, 0) is 43.7 Å². The normalized spacial score (nSPS) is 13.1. The zero-order valence-corrected chi connectivity index (χ0v) is 16.4. The number of amides is 1. The summed E-state index contributed by atoms with van der Waals surface area (Å²) < 4.78 is 21.2. The van der Waals surface area contributed by atoms with Gasteiger partial charge in [0.05, 0.1) is 5.39 Å². The van der Waals surface area contributed by atoms with Crippen molar-refractivity contribution in [1.82, 2.24) is 5.32 Å². The summed E-state index contributed by atoms with van der Waals surface area (Å²) in [4.78, 5) is 36.9. The Morgan fingerprint density at radius 1 is 1.10 bits per heavy atom. The number of esters is 1. The molecule has 0 spiro atoms. The van der Waals surface area contributed by atoms with E-state index in [4.69, 9.17) is 18.6 Å². The van der Waals surface area contributed by atoms with Crippen molar-refractivity contribution >= 4 is 22.8 Å². The van der Waals surface area contributed by atoms with Crippen molar-refractivity contribution in [2.75, 3.05) is 6.79 Å². The Hall–Kier alpha value is -3.81. The smallest absolute Gasteiger partial charge is 0.375 e. The number of aryl methyl sites for hydroxylation is 1. The molecular weight excluding hydrogens is 390 g/mol. The fraction of sp³-hybridized carbons (Fsp3) is 0.227. The van der Waals surface area contributed by atoms with Gasteiger partial charge in [-0.2, -0.15) is 0 Å². The minimum atomic E-state index is -1.08. The van der Waals surface area contributed by atoms with Gasteiger partial charge in [-0.1, -0.05) is 17.7 Å². The van der Waals surface area contributed by atoms with E-state index in [0.717, 1.165) is 17.2 Å². The minimum Gasteiger partial charge on any atom is -0.454 e. The molecule has 0 radical (unpaired) electrons. The van der Waals surface area contributed by atoms with E-state index in [-0.39, 0.29) is 30.1 Å². The number of hydrogen-bond donors (Lipinski definition) is 1. The number of carbonyl (C=O) groups is 2. The van der Waals surface area contributed by atoms with E-state index in [9.17, 15) is 14.4 Å². The van der Waals surface area contributed by atoms with Crippen LogP contribution in [0.4, 0.5) is 0 Å². The first-order valence-corrected chi connectivity index (χ1v) is 9.32. The lowest BCUT2D eigenvalue weighted by molar-refractivity contribution is -0.129. The van der Waals surface area contributed by atoms with Crippen LogP contribution in [0.5, 0.6) is 11.5 Å². The van der Waals surface area contributed by atoms with Crippen molar-refractivity contribution < 1.29 is 28.2 Å². The van der Waals surface area contributed by atoms with Gasteiger partial charge in [0, 0.05) is 12.6 Å². The molecular formula is C22H19NO7. The zero-order chi connectivity index (χ0) is 21.3. The van der Waals surface area contributed by atoms with E-state index in [1.165, 1.54) is 6.92 Å². The lowest BCUT2D eigenvalue weighted by Crippen LogP contribution is -2.35. The molecule has 2 heterocycles. The maximum absolute atomic E-state index is 12.4. The third-order valence-corrected chi connectivity index (χ3v) is 4.64. The molecule has 4 rings (SSSR count). The van der Waals surface area contributed by atoms with E-state index in [2.05, 4.69) is 5.32 Å². The van der Waals surface area contributed by atoms with Gasteiger partial charge < -0.3 is 23.9 Å². The number of ether oxygens (including phenoxy) is 3. The summed E-state index contributed by atoms with van der Waals surface area (Å²) >= 11 is 0. The molecule has 3 aromatic rings. The molecule has 8 nitrogen and oxygen atoms in total.